The monoisotopic (exact) mass is 483 g/mol. The van der Waals surface area contributed by atoms with Crippen LogP contribution in [0.5, 0.6) is 11.5 Å². The van der Waals surface area contributed by atoms with E-state index in [1.807, 2.05) is 55.5 Å². The summed E-state index contributed by atoms with van der Waals surface area (Å²) in [6.45, 7) is 2.15. The zero-order chi connectivity index (χ0) is 25.3. The normalized spacial score (nSPS) is 13.0. The highest BCUT2D eigenvalue weighted by Crippen LogP contribution is 2.47. The van der Waals surface area contributed by atoms with Crippen molar-refractivity contribution < 1.29 is 19.0 Å². The van der Waals surface area contributed by atoms with Crippen LogP contribution in [-0.2, 0) is 0 Å². The van der Waals surface area contributed by atoms with Gasteiger partial charge in [0.1, 0.15) is 16.8 Å². The summed E-state index contributed by atoms with van der Waals surface area (Å²) in [6, 6.07) is 16.6. The second-order valence-corrected chi connectivity index (χ2v) is 9.27. The van der Waals surface area contributed by atoms with E-state index < -0.39 is 22.8 Å². The molecule has 3 N–H and O–H groups in total. The van der Waals surface area contributed by atoms with Gasteiger partial charge in [-0.05, 0) is 46.7 Å². The predicted molar refractivity (Wildman–Crippen MR) is 138 cm³/mol. The fraction of sp³-hybridized carbons (Fsp3) is 0.143. The molecule has 6 rings (SSSR count). The van der Waals surface area contributed by atoms with Crippen molar-refractivity contribution in [2.75, 3.05) is 18.5 Å². The van der Waals surface area contributed by atoms with E-state index in [0.29, 0.717) is 23.5 Å². The topological polar surface area (TPSA) is 97.8 Å². The molecule has 1 aliphatic heterocycles. The van der Waals surface area contributed by atoms with Gasteiger partial charge in [0.2, 0.25) is 5.43 Å². The number of ether oxygens (including phenoxy) is 1. The van der Waals surface area contributed by atoms with Gasteiger partial charge in [0.05, 0.1) is 11.1 Å². The van der Waals surface area contributed by atoms with E-state index in [0.717, 1.165) is 27.6 Å². The number of carboxylic acids is 1. The van der Waals surface area contributed by atoms with Gasteiger partial charge in [0, 0.05) is 25.8 Å². The maximum atomic E-state index is 15.5. The number of pyridine rings is 1. The lowest BCUT2D eigenvalue weighted by Gasteiger charge is -2.30. The Kier molecular flexibility index (Phi) is 4.77. The van der Waals surface area contributed by atoms with Gasteiger partial charge < -0.3 is 25.0 Å². The molecule has 7 nitrogen and oxygen atoms in total. The zero-order valence-electron chi connectivity index (χ0n) is 19.6. The number of aromatic carboxylic acids is 1. The van der Waals surface area contributed by atoms with Gasteiger partial charge in [-0.15, -0.1) is 0 Å². The Hall–Kier alpha value is -4.43. The Morgan fingerprint density at radius 3 is 2.61 bits per heavy atom. The molecule has 5 aromatic rings. The fourth-order valence-corrected chi connectivity index (χ4v) is 5.14. The lowest BCUT2D eigenvalue weighted by Crippen LogP contribution is -2.34. The number of halogens is 1. The van der Waals surface area contributed by atoms with Gasteiger partial charge in [-0.3, -0.25) is 4.79 Å². The molecule has 0 aliphatic carbocycles. The van der Waals surface area contributed by atoms with Crippen molar-refractivity contribution in [3.63, 3.8) is 0 Å². The van der Waals surface area contributed by atoms with Crippen LogP contribution in [0, 0.1) is 5.82 Å². The van der Waals surface area contributed by atoms with Crippen LogP contribution in [-0.4, -0.2) is 35.3 Å². The van der Waals surface area contributed by atoms with Crippen molar-refractivity contribution in [1.29, 1.82) is 0 Å². The molecule has 8 heteroatoms. The first kappa shape index (κ1) is 22.1. The number of hydrogen-bond donors (Lipinski definition) is 2. The van der Waals surface area contributed by atoms with E-state index >= 15 is 4.39 Å². The molecule has 0 spiro atoms. The number of carboxylic acid groups (broad SMARTS) is 1. The minimum absolute atomic E-state index is 0.0652. The van der Waals surface area contributed by atoms with Crippen LogP contribution in [0.1, 0.15) is 17.3 Å². The number of anilines is 1. The first-order chi connectivity index (χ1) is 17.2. The highest BCUT2D eigenvalue weighted by Gasteiger charge is 2.30. The van der Waals surface area contributed by atoms with Crippen molar-refractivity contribution >= 4 is 44.1 Å². The Morgan fingerprint density at radius 1 is 1.11 bits per heavy atom. The summed E-state index contributed by atoms with van der Waals surface area (Å²) >= 11 is 0. The van der Waals surface area contributed by atoms with Gasteiger partial charge in [0.25, 0.3) is 0 Å². The van der Waals surface area contributed by atoms with Crippen LogP contribution < -0.4 is 20.8 Å². The quantitative estimate of drug-likeness (QED) is 0.342. The molecule has 1 atom stereocenters. The summed E-state index contributed by atoms with van der Waals surface area (Å²) < 4.78 is 23.5. The molecule has 0 radical (unpaired) electrons. The summed E-state index contributed by atoms with van der Waals surface area (Å²) in [7, 11) is 1.70. The molecule has 0 fully saturated rings. The maximum Gasteiger partial charge on any atom is 0.341 e. The van der Waals surface area contributed by atoms with Crippen molar-refractivity contribution in [1.82, 2.24) is 4.57 Å². The predicted octanol–water partition coefficient (Wildman–Crippen LogP) is 5.02. The van der Waals surface area contributed by atoms with Gasteiger partial charge in [-0.25, -0.2) is 9.18 Å². The summed E-state index contributed by atoms with van der Waals surface area (Å²) in [6.07, 6.45) is 1.29. The fourth-order valence-electron chi connectivity index (χ4n) is 5.14. The third kappa shape index (κ3) is 3.15. The van der Waals surface area contributed by atoms with Gasteiger partial charge in [0.15, 0.2) is 17.3 Å². The molecule has 0 unspecified atom stereocenters. The number of nitrogens with zero attached hydrogens (tertiary/aromatic N) is 2. The van der Waals surface area contributed by atoms with Crippen molar-refractivity contribution in [3.8, 4) is 17.2 Å². The number of benzene rings is 4. The number of nitrogens with two attached hydrogens (primary N) is 1. The molecule has 1 aromatic heterocycles. The number of fused-ring (bicyclic) bond motifs is 5. The van der Waals surface area contributed by atoms with Gasteiger partial charge in [-0.1, -0.05) is 36.4 Å². The molecule has 0 amide bonds. The second-order valence-electron chi connectivity index (χ2n) is 9.27. The largest absolute Gasteiger partial charge is 0.477 e. The Bertz CT molecular complexity index is 1810. The zero-order valence-corrected chi connectivity index (χ0v) is 19.6. The maximum absolute atomic E-state index is 15.5. The van der Waals surface area contributed by atoms with E-state index in [1.165, 1.54) is 6.20 Å². The standard InChI is InChI=1S/C28H22FN3O4/c1-14(30)12-31(2)25-21(29)10-19-24-27(25)36-23-11-18-16(8-7-15-5-3-4-6-17(15)18)9-22(23)32(24)13-20(26(19)33)28(34)35/h3-11,13-14H,12,30H2,1-2H3,(H,34,35)/t14-/m1/s1. The van der Waals surface area contributed by atoms with Gasteiger partial charge in [-0.2, -0.15) is 0 Å². The van der Waals surface area contributed by atoms with Gasteiger partial charge >= 0.3 is 5.97 Å². The van der Waals surface area contributed by atoms with Crippen molar-refractivity contribution in [3.05, 3.63) is 82.4 Å². The lowest BCUT2D eigenvalue weighted by molar-refractivity contribution is 0.0695. The highest BCUT2D eigenvalue weighted by molar-refractivity contribution is 6.09. The van der Waals surface area contributed by atoms with E-state index in [9.17, 15) is 14.7 Å². The summed E-state index contributed by atoms with van der Waals surface area (Å²) in [5.41, 5.74) is 5.78. The smallest absolute Gasteiger partial charge is 0.341 e. The van der Waals surface area contributed by atoms with Crippen LogP contribution >= 0.6 is 0 Å². The number of hydrogen-bond acceptors (Lipinski definition) is 5. The number of rotatable bonds is 4. The molecule has 2 heterocycles. The first-order valence-corrected chi connectivity index (χ1v) is 11.5. The molecule has 1 aliphatic rings. The average molecular weight is 483 g/mol. The summed E-state index contributed by atoms with van der Waals surface area (Å²) in [4.78, 5) is 26.6. The number of carbonyl (C=O) groups is 1. The molecule has 36 heavy (non-hydrogen) atoms. The molecule has 4 aromatic carbocycles. The van der Waals surface area contributed by atoms with Crippen molar-refractivity contribution in [2.45, 2.75) is 13.0 Å². The minimum Gasteiger partial charge on any atom is -0.477 e. The van der Waals surface area contributed by atoms with E-state index in [2.05, 4.69) is 0 Å². The molecule has 0 saturated heterocycles. The Morgan fingerprint density at radius 2 is 1.86 bits per heavy atom. The van der Waals surface area contributed by atoms with E-state index in [-0.39, 0.29) is 22.9 Å². The third-order valence-electron chi connectivity index (χ3n) is 6.64. The minimum atomic E-state index is -1.38. The average Bonchev–Trinajstić information content (AvgIpc) is 2.83. The first-order valence-electron chi connectivity index (χ1n) is 11.5. The number of likely N-dealkylation sites (N-methyl/N-ethyl adjacent to an activating group) is 1. The molecular weight excluding hydrogens is 461 g/mol. The SMILES string of the molecule is C[C@@H](N)CN(C)c1c(F)cc2c(=O)c(C(=O)O)cn3c2c1Oc1cc2c(ccc4ccccc42)cc1-3. The Labute approximate surface area is 204 Å². The number of aromatic nitrogens is 1. The van der Waals surface area contributed by atoms with Crippen LogP contribution in [0.25, 0.3) is 38.1 Å². The molecule has 0 saturated carbocycles. The van der Waals surface area contributed by atoms with Crippen molar-refractivity contribution in [2.24, 2.45) is 5.73 Å². The second kappa shape index (κ2) is 7.79. The lowest BCUT2D eigenvalue weighted by atomic mass is 9.99. The van der Waals surface area contributed by atoms with Crippen LogP contribution in [0.4, 0.5) is 10.1 Å². The summed E-state index contributed by atoms with van der Waals surface area (Å²) in [5, 5.41) is 13.6. The van der Waals surface area contributed by atoms with Crippen LogP contribution in [0.2, 0.25) is 0 Å². The van der Waals surface area contributed by atoms with E-state index in [1.54, 1.807) is 16.5 Å². The molecule has 0 bridgehead atoms. The molecule has 180 valence electrons. The Balaban J connectivity index is 1.74. The van der Waals surface area contributed by atoms with E-state index in [4.69, 9.17) is 10.5 Å². The van der Waals surface area contributed by atoms with Crippen LogP contribution in [0.3, 0.4) is 0 Å². The van der Waals surface area contributed by atoms with Crippen LogP contribution in [0.15, 0.2) is 65.6 Å². The third-order valence-corrected chi connectivity index (χ3v) is 6.64. The summed E-state index contributed by atoms with van der Waals surface area (Å²) in [5.74, 6) is -1.50. The highest BCUT2D eigenvalue weighted by atomic mass is 19.1. The molecular formula is C28H22FN3O4.